The van der Waals surface area contributed by atoms with Crippen LogP contribution in [0.2, 0.25) is 0 Å². The first-order valence-electron chi connectivity index (χ1n) is 18.8. The van der Waals surface area contributed by atoms with Crippen molar-refractivity contribution in [2.24, 2.45) is 5.92 Å². The molecule has 4 aliphatic rings. The third-order valence-electron chi connectivity index (χ3n) is 10.8. The van der Waals surface area contributed by atoms with E-state index >= 15 is 0 Å². The minimum Gasteiger partial charge on any atom is -0.490 e. The van der Waals surface area contributed by atoms with E-state index < -0.39 is 0 Å². The van der Waals surface area contributed by atoms with Crippen LogP contribution in [0.3, 0.4) is 0 Å². The van der Waals surface area contributed by atoms with Crippen LogP contribution in [-0.2, 0) is 9.59 Å². The number of rotatable bonds is 10. The lowest BCUT2D eigenvalue weighted by atomic mass is 9.91. The summed E-state index contributed by atoms with van der Waals surface area (Å²) in [4.78, 5) is 67.3. The molecule has 4 fully saturated rings. The number of carbonyl (C=O) groups is 3. The second kappa shape index (κ2) is 14.9. The maximum Gasteiger partial charge on any atom is 0.274 e. The van der Waals surface area contributed by atoms with Gasteiger partial charge in [-0.25, -0.2) is 9.97 Å². The van der Waals surface area contributed by atoms with Gasteiger partial charge in [0.2, 0.25) is 11.8 Å². The summed E-state index contributed by atoms with van der Waals surface area (Å²) < 4.78 is 8.70. The summed E-state index contributed by atoms with van der Waals surface area (Å²) in [7, 11) is 0. The van der Waals surface area contributed by atoms with E-state index in [2.05, 4.69) is 30.3 Å². The molecule has 8 rings (SSSR count). The van der Waals surface area contributed by atoms with E-state index in [4.69, 9.17) is 9.72 Å². The molecule has 1 aliphatic carbocycles. The average Bonchev–Trinajstić information content (AvgIpc) is 3.91. The highest BCUT2D eigenvalue weighted by Crippen LogP contribution is 2.36. The van der Waals surface area contributed by atoms with Gasteiger partial charge < -0.3 is 24.4 Å². The SMILES string of the molecule is CC(C)Oc1cc2nc(N3CCN(CC4CCN(c5ccc(C6CCC(=O)NC6=O)cn5)CC4)CC3)sc2cc1C(=O)Nc1cccn(C2CC2)c1=O. The lowest BCUT2D eigenvalue weighted by Gasteiger charge is -2.39. The first kappa shape index (κ1) is 35.2. The Morgan fingerprint density at radius 1 is 0.981 bits per heavy atom. The average molecular weight is 739 g/mol. The summed E-state index contributed by atoms with van der Waals surface area (Å²) in [6.45, 7) is 10.5. The highest BCUT2D eigenvalue weighted by atomic mass is 32.1. The maximum absolute atomic E-state index is 13.6. The number of aromatic nitrogens is 3. The summed E-state index contributed by atoms with van der Waals surface area (Å²) in [6.07, 6.45) is 8.50. The van der Waals surface area contributed by atoms with Crippen LogP contribution in [0.1, 0.15) is 80.3 Å². The Bertz CT molecular complexity index is 2060. The first-order valence-corrected chi connectivity index (χ1v) is 19.7. The van der Waals surface area contributed by atoms with Crippen molar-refractivity contribution in [2.75, 3.05) is 60.9 Å². The summed E-state index contributed by atoms with van der Waals surface area (Å²) in [5.41, 5.74) is 2.12. The van der Waals surface area contributed by atoms with Crippen LogP contribution in [-0.4, -0.2) is 89.1 Å². The van der Waals surface area contributed by atoms with Crippen LogP contribution < -0.4 is 30.7 Å². The number of thiazole rings is 1. The number of anilines is 3. The van der Waals surface area contributed by atoms with E-state index in [0.717, 1.165) is 98.2 Å². The number of nitrogens with one attached hydrogen (secondary N) is 2. The number of fused-ring (bicyclic) bond motifs is 1. The molecule has 3 aliphatic heterocycles. The number of hydrogen-bond donors (Lipinski definition) is 2. The Morgan fingerprint density at radius 2 is 1.77 bits per heavy atom. The van der Waals surface area contributed by atoms with Gasteiger partial charge in [0.1, 0.15) is 17.3 Å². The Kier molecular flexibility index (Phi) is 9.90. The Labute approximate surface area is 312 Å². The van der Waals surface area contributed by atoms with E-state index in [-0.39, 0.29) is 47.0 Å². The molecule has 1 atom stereocenters. The summed E-state index contributed by atoms with van der Waals surface area (Å²) in [6, 6.07) is 11.3. The molecular formula is C39H46N8O5S. The summed E-state index contributed by atoms with van der Waals surface area (Å²) in [5.74, 6) is 0.898. The fourth-order valence-electron chi connectivity index (χ4n) is 7.68. The number of imide groups is 1. The Morgan fingerprint density at radius 3 is 2.47 bits per heavy atom. The van der Waals surface area contributed by atoms with Crippen molar-refractivity contribution >= 4 is 55.9 Å². The van der Waals surface area contributed by atoms with Crippen LogP contribution >= 0.6 is 11.3 Å². The molecule has 4 aromatic rings. The molecule has 0 spiro atoms. The number of hydrogen-bond acceptors (Lipinski definition) is 11. The molecule has 1 unspecified atom stereocenters. The van der Waals surface area contributed by atoms with Gasteiger partial charge >= 0.3 is 0 Å². The van der Waals surface area contributed by atoms with E-state index in [1.807, 2.05) is 38.1 Å². The lowest BCUT2D eigenvalue weighted by molar-refractivity contribution is -0.134. The van der Waals surface area contributed by atoms with Gasteiger partial charge in [0.25, 0.3) is 11.5 Å². The van der Waals surface area contributed by atoms with Crippen LogP contribution in [0.5, 0.6) is 5.75 Å². The minimum absolute atomic E-state index is 0.142. The summed E-state index contributed by atoms with van der Waals surface area (Å²) in [5, 5.41) is 6.22. The second-order valence-corrected chi connectivity index (χ2v) is 16.0. The maximum atomic E-state index is 13.6. The molecule has 3 amide bonds. The smallest absolute Gasteiger partial charge is 0.274 e. The van der Waals surface area contributed by atoms with Crippen LogP contribution in [0, 0.1) is 5.92 Å². The number of pyridine rings is 2. The zero-order valence-electron chi connectivity index (χ0n) is 30.3. The molecule has 0 radical (unpaired) electrons. The van der Waals surface area contributed by atoms with Crippen molar-refractivity contribution in [3.8, 4) is 5.75 Å². The molecule has 6 heterocycles. The number of piperidine rings is 2. The zero-order valence-corrected chi connectivity index (χ0v) is 31.1. The molecule has 3 saturated heterocycles. The molecule has 2 N–H and O–H groups in total. The third kappa shape index (κ3) is 7.79. The van der Waals surface area contributed by atoms with Crippen LogP contribution in [0.15, 0.2) is 53.6 Å². The molecule has 0 bridgehead atoms. The lowest BCUT2D eigenvalue weighted by Crippen LogP contribution is -2.49. The number of ether oxygens (including phenoxy) is 1. The topological polar surface area (TPSA) is 142 Å². The van der Waals surface area contributed by atoms with Gasteiger partial charge in [0, 0.05) is 76.7 Å². The van der Waals surface area contributed by atoms with Gasteiger partial charge in [-0.3, -0.25) is 29.4 Å². The monoisotopic (exact) mass is 738 g/mol. The van der Waals surface area contributed by atoms with E-state index in [1.54, 1.807) is 40.4 Å². The molecule has 14 heteroatoms. The fraction of sp³-hybridized carbons (Fsp3) is 0.487. The predicted molar refractivity (Wildman–Crippen MR) is 205 cm³/mol. The number of carbonyl (C=O) groups excluding carboxylic acids is 3. The molecular weight excluding hydrogens is 693 g/mol. The minimum atomic E-state index is -0.374. The fourth-order valence-corrected chi connectivity index (χ4v) is 8.71. The van der Waals surface area contributed by atoms with Crippen molar-refractivity contribution < 1.29 is 19.1 Å². The van der Waals surface area contributed by atoms with E-state index in [1.165, 1.54) is 0 Å². The highest BCUT2D eigenvalue weighted by molar-refractivity contribution is 7.22. The molecule has 1 saturated carbocycles. The van der Waals surface area contributed by atoms with Crippen LogP contribution in [0.25, 0.3) is 10.2 Å². The standard InChI is InChI=1S/C39H46N8O5S/c1-24(2)52-32-21-31-33(20-29(32)37(50)41-30-4-3-13-47(38(30)51)27-6-7-27)53-39(42-31)46-18-16-44(17-19-46)23-25-11-14-45(15-12-25)34-9-5-26(22-40-34)28-8-10-35(48)43-36(28)49/h3-5,9,13,20-22,24-25,27-28H,6-8,10-12,14-19,23H2,1-2H3,(H,41,50)(H,43,48,49). The number of piperazine rings is 1. The Hall–Kier alpha value is -4.82. The Balaban J connectivity index is 0.857. The van der Waals surface area contributed by atoms with E-state index in [0.29, 0.717) is 30.1 Å². The number of benzene rings is 1. The molecule has 53 heavy (non-hydrogen) atoms. The molecule has 13 nitrogen and oxygen atoms in total. The zero-order chi connectivity index (χ0) is 36.6. The van der Waals surface area contributed by atoms with Crippen molar-refractivity contribution in [3.05, 3.63) is 70.3 Å². The second-order valence-electron chi connectivity index (χ2n) is 15.0. The van der Waals surface area contributed by atoms with Gasteiger partial charge in [-0.15, -0.1) is 0 Å². The van der Waals surface area contributed by atoms with Crippen LogP contribution in [0.4, 0.5) is 16.6 Å². The van der Waals surface area contributed by atoms with Gasteiger partial charge in [-0.05, 0) is 81.7 Å². The predicted octanol–water partition coefficient (Wildman–Crippen LogP) is 4.79. The molecule has 3 aromatic heterocycles. The number of nitrogens with zero attached hydrogens (tertiary/aromatic N) is 6. The quantitative estimate of drug-likeness (QED) is 0.218. The van der Waals surface area contributed by atoms with Crippen molar-refractivity contribution in [1.82, 2.24) is 24.8 Å². The first-order chi connectivity index (χ1) is 25.7. The summed E-state index contributed by atoms with van der Waals surface area (Å²) >= 11 is 1.58. The van der Waals surface area contributed by atoms with Gasteiger partial charge in [-0.2, -0.15) is 0 Å². The molecule has 278 valence electrons. The molecule has 1 aromatic carbocycles. The number of amides is 3. The van der Waals surface area contributed by atoms with Crippen molar-refractivity contribution in [2.45, 2.75) is 70.4 Å². The van der Waals surface area contributed by atoms with Gasteiger partial charge in [0.05, 0.1) is 27.8 Å². The van der Waals surface area contributed by atoms with Gasteiger partial charge in [0.15, 0.2) is 5.13 Å². The third-order valence-corrected chi connectivity index (χ3v) is 11.8. The largest absolute Gasteiger partial charge is 0.490 e. The van der Waals surface area contributed by atoms with Crippen molar-refractivity contribution in [1.29, 1.82) is 0 Å². The normalized spacial score (nSPS) is 20.2. The van der Waals surface area contributed by atoms with Crippen molar-refractivity contribution in [3.63, 3.8) is 0 Å². The van der Waals surface area contributed by atoms with E-state index in [9.17, 15) is 19.2 Å². The highest BCUT2D eigenvalue weighted by Gasteiger charge is 2.30. The van der Waals surface area contributed by atoms with Gasteiger partial charge in [-0.1, -0.05) is 17.4 Å².